The molecule has 17 nitrogen and oxygen atoms in total. The molecule has 0 aliphatic carbocycles. The maximum absolute atomic E-state index is 13.0. The minimum absolute atomic E-state index is 0.0840. The Kier molecular flexibility index (Phi) is 55.3. The number of phosphoric acid groups is 2. The molecule has 0 heterocycles. The van der Waals surface area contributed by atoms with Crippen molar-refractivity contribution in [1.82, 2.24) is 0 Å². The van der Waals surface area contributed by atoms with Gasteiger partial charge in [-0.05, 0) is 63.2 Å². The van der Waals surface area contributed by atoms with Gasteiger partial charge >= 0.3 is 39.5 Å². The summed E-state index contributed by atoms with van der Waals surface area (Å²) < 4.78 is 67.9. The molecule has 0 aromatic carbocycles. The van der Waals surface area contributed by atoms with Crippen molar-refractivity contribution in [3.05, 3.63) is 24.3 Å². The van der Waals surface area contributed by atoms with E-state index in [4.69, 9.17) is 37.0 Å². The first-order valence-electron chi connectivity index (χ1n) is 33.3. The van der Waals surface area contributed by atoms with Crippen molar-refractivity contribution in [1.29, 1.82) is 0 Å². The SMILES string of the molecule is CCCCCC/C=C\C=C/CCCCCCCC(=O)O[C@H](COC(=O)CCCCCCCCCCC(C)C)COP(=O)(O)OC[C@@H](O)COP(=O)(O)OC[C@@H](COC(=O)CCCCCCCCCC)OC(=O)CCCCCCCCCC(C)C. The molecule has 19 heteroatoms. The zero-order valence-electron chi connectivity index (χ0n) is 53.7. The Morgan fingerprint density at radius 1 is 0.369 bits per heavy atom. The number of carbonyl (C=O) groups is 4. The number of hydrogen-bond acceptors (Lipinski definition) is 15. The third kappa shape index (κ3) is 58.6. The number of unbranched alkanes of at least 4 members (excludes halogenated alkanes) is 29. The summed E-state index contributed by atoms with van der Waals surface area (Å²) in [5, 5.41) is 10.5. The van der Waals surface area contributed by atoms with Gasteiger partial charge in [-0.25, -0.2) is 9.13 Å². The van der Waals surface area contributed by atoms with E-state index in [2.05, 4.69) is 65.8 Å². The molecule has 0 radical (unpaired) electrons. The van der Waals surface area contributed by atoms with Crippen molar-refractivity contribution in [3.63, 3.8) is 0 Å². The fourth-order valence-corrected chi connectivity index (χ4v) is 10.7. The second-order valence-corrected chi connectivity index (χ2v) is 26.7. The lowest BCUT2D eigenvalue weighted by atomic mass is 10.0. The number of aliphatic hydroxyl groups excluding tert-OH is 1. The molecule has 494 valence electrons. The van der Waals surface area contributed by atoms with Crippen molar-refractivity contribution in [2.45, 2.75) is 317 Å². The average Bonchev–Trinajstić information content (AvgIpc) is 3.60. The monoisotopic (exact) mass is 1240 g/mol. The number of hydrogen-bond donors (Lipinski definition) is 3. The van der Waals surface area contributed by atoms with E-state index in [0.29, 0.717) is 31.6 Å². The summed E-state index contributed by atoms with van der Waals surface area (Å²) in [6.07, 6.45) is 42.7. The third-order valence-electron chi connectivity index (χ3n) is 14.3. The first-order chi connectivity index (χ1) is 40.4. The Morgan fingerprint density at radius 3 is 0.976 bits per heavy atom. The predicted molar refractivity (Wildman–Crippen MR) is 335 cm³/mol. The molecule has 5 atom stereocenters. The van der Waals surface area contributed by atoms with E-state index in [1.165, 1.54) is 89.9 Å². The van der Waals surface area contributed by atoms with Gasteiger partial charge in [0, 0.05) is 25.7 Å². The zero-order valence-corrected chi connectivity index (χ0v) is 55.5. The van der Waals surface area contributed by atoms with Crippen LogP contribution in [0.4, 0.5) is 0 Å². The van der Waals surface area contributed by atoms with Crippen LogP contribution in [0.15, 0.2) is 24.3 Å². The number of carbonyl (C=O) groups excluding carboxylic acids is 4. The first-order valence-corrected chi connectivity index (χ1v) is 36.3. The van der Waals surface area contributed by atoms with Crippen molar-refractivity contribution >= 4 is 39.5 Å². The molecule has 0 rings (SSSR count). The van der Waals surface area contributed by atoms with Gasteiger partial charge in [-0.1, -0.05) is 246 Å². The van der Waals surface area contributed by atoms with Gasteiger partial charge in [0.2, 0.25) is 0 Å². The van der Waals surface area contributed by atoms with E-state index in [0.717, 1.165) is 121 Å². The van der Waals surface area contributed by atoms with Crippen molar-refractivity contribution < 1.29 is 80.2 Å². The highest BCUT2D eigenvalue weighted by Gasteiger charge is 2.30. The van der Waals surface area contributed by atoms with E-state index >= 15 is 0 Å². The molecule has 0 saturated carbocycles. The standard InChI is InChI=1S/C65H122O17P2/c1-7-9-11-13-15-17-18-19-20-21-22-23-31-37-43-49-64(69)81-60(54-76-63(68)48-42-36-30-25-24-27-33-39-45-57(3)4)55-79-83(71,72)77-51-59(66)52-78-84(73,74)80-56-61(53-75-62(67)47-41-35-29-16-14-12-10-8-2)82-65(70)50-44-38-32-26-28-34-40-46-58(5)6/h17-20,57-61,66H,7-16,21-56H2,1-6H3,(H,71,72)(H,73,74)/b18-17-,20-19-/t59-,60-,61-/m1/s1. The van der Waals surface area contributed by atoms with Crippen LogP contribution in [0.5, 0.6) is 0 Å². The van der Waals surface area contributed by atoms with Gasteiger partial charge in [0.1, 0.15) is 19.3 Å². The van der Waals surface area contributed by atoms with Crippen molar-refractivity contribution in [2.24, 2.45) is 11.8 Å². The van der Waals surface area contributed by atoms with E-state index in [9.17, 15) is 43.2 Å². The van der Waals surface area contributed by atoms with Crippen LogP contribution in [0.2, 0.25) is 0 Å². The van der Waals surface area contributed by atoms with Crippen LogP contribution in [-0.2, 0) is 65.4 Å². The molecule has 2 unspecified atom stereocenters. The fourth-order valence-electron chi connectivity index (χ4n) is 9.17. The second kappa shape index (κ2) is 57.0. The highest BCUT2D eigenvalue weighted by Crippen LogP contribution is 2.45. The lowest BCUT2D eigenvalue weighted by Gasteiger charge is -2.21. The van der Waals surface area contributed by atoms with Crippen LogP contribution >= 0.6 is 15.6 Å². The number of aliphatic hydroxyl groups is 1. The van der Waals surface area contributed by atoms with Gasteiger partial charge in [0.15, 0.2) is 12.2 Å². The van der Waals surface area contributed by atoms with E-state index < -0.39 is 97.5 Å². The van der Waals surface area contributed by atoms with E-state index in [1.807, 2.05) is 0 Å². The Bertz CT molecular complexity index is 1740. The molecular weight excluding hydrogens is 1110 g/mol. The van der Waals surface area contributed by atoms with E-state index in [-0.39, 0.29) is 25.7 Å². The molecule has 0 spiro atoms. The third-order valence-corrected chi connectivity index (χ3v) is 16.2. The molecular formula is C65H122O17P2. The number of ether oxygens (including phenoxy) is 4. The lowest BCUT2D eigenvalue weighted by molar-refractivity contribution is -0.161. The highest BCUT2D eigenvalue weighted by atomic mass is 31.2. The van der Waals surface area contributed by atoms with Gasteiger partial charge in [-0.3, -0.25) is 37.3 Å². The van der Waals surface area contributed by atoms with Crippen molar-refractivity contribution in [2.75, 3.05) is 39.6 Å². The normalized spacial score (nSPS) is 14.5. The molecule has 0 fully saturated rings. The Balaban J connectivity index is 5.27. The summed E-state index contributed by atoms with van der Waals surface area (Å²) in [4.78, 5) is 72.1. The molecule has 0 aromatic heterocycles. The maximum Gasteiger partial charge on any atom is 0.472 e. The molecule has 0 aromatic rings. The summed E-state index contributed by atoms with van der Waals surface area (Å²) in [6, 6.07) is 0. The summed E-state index contributed by atoms with van der Waals surface area (Å²) in [5.41, 5.74) is 0. The van der Waals surface area contributed by atoms with Crippen LogP contribution in [0.3, 0.4) is 0 Å². The maximum atomic E-state index is 13.0. The second-order valence-electron chi connectivity index (χ2n) is 23.8. The summed E-state index contributed by atoms with van der Waals surface area (Å²) in [5.74, 6) is -0.751. The van der Waals surface area contributed by atoms with Gasteiger partial charge in [0.25, 0.3) is 0 Å². The minimum Gasteiger partial charge on any atom is -0.462 e. The summed E-state index contributed by atoms with van der Waals surface area (Å²) in [7, 11) is -9.90. The van der Waals surface area contributed by atoms with Gasteiger partial charge in [-0.15, -0.1) is 0 Å². The quantitative estimate of drug-likeness (QED) is 0.0169. The van der Waals surface area contributed by atoms with Gasteiger partial charge in [-0.2, -0.15) is 0 Å². The van der Waals surface area contributed by atoms with Crippen LogP contribution in [-0.4, -0.2) is 96.7 Å². The number of rotatable bonds is 62. The zero-order chi connectivity index (χ0) is 62.2. The summed E-state index contributed by atoms with van der Waals surface area (Å²) in [6.45, 7) is 9.30. The van der Waals surface area contributed by atoms with Crippen molar-refractivity contribution in [3.8, 4) is 0 Å². The Hall–Kier alpha value is -2.46. The predicted octanol–water partition coefficient (Wildman–Crippen LogP) is 17.6. The van der Waals surface area contributed by atoms with Gasteiger partial charge in [0.05, 0.1) is 26.4 Å². The summed E-state index contributed by atoms with van der Waals surface area (Å²) >= 11 is 0. The molecule has 0 saturated heterocycles. The van der Waals surface area contributed by atoms with Crippen LogP contribution < -0.4 is 0 Å². The molecule has 0 aliphatic rings. The van der Waals surface area contributed by atoms with Crippen LogP contribution in [0, 0.1) is 11.8 Å². The smallest absolute Gasteiger partial charge is 0.462 e. The number of esters is 4. The number of allylic oxidation sites excluding steroid dienone is 4. The van der Waals surface area contributed by atoms with Gasteiger partial charge < -0.3 is 33.8 Å². The molecule has 0 aliphatic heterocycles. The number of phosphoric ester groups is 2. The highest BCUT2D eigenvalue weighted by molar-refractivity contribution is 7.47. The molecule has 3 N–H and O–H groups in total. The van der Waals surface area contributed by atoms with Crippen LogP contribution in [0.1, 0.15) is 298 Å². The lowest BCUT2D eigenvalue weighted by Crippen LogP contribution is -2.30. The van der Waals surface area contributed by atoms with E-state index in [1.54, 1.807) is 0 Å². The largest absolute Gasteiger partial charge is 0.472 e. The topological polar surface area (TPSA) is 237 Å². The molecule has 0 bridgehead atoms. The molecule has 0 amide bonds. The minimum atomic E-state index is -4.95. The Morgan fingerprint density at radius 2 is 0.643 bits per heavy atom. The first kappa shape index (κ1) is 81.5. The Labute approximate surface area is 510 Å². The fraction of sp³-hybridized carbons (Fsp3) is 0.877. The molecule has 84 heavy (non-hydrogen) atoms. The van der Waals surface area contributed by atoms with Crippen LogP contribution in [0.25, 0.3) is 0 Å². The average molecular weight is 1240 g/mol.